The van der Waals surface area contributed by atoms with E-state index in [9.17, 15) is 8.42 Å². The Bertz CT molecular complexity index is 660. The second-order valence-corrected chi connectivity index (χ2v) is 6.37. The van der Waals surface area contributed by atoms with Crippen LogP contribution in [0.3, 0.4) is 0 Å². The van der Waals surface area contributed by atoms with Crippen molar-refractivity contribution in [1.82, 2.24) is 14.5 Å². The minimum atomic E-state index is -3.03. The van der Waals surface area contributed by atoms with E-state index in [4.69, 9.17) is 5.73 Å². The Balaban J connectivity index is 2.43. The number of hydrogen-bond donors (Lipinski definition) is 1. The lowest BCUT2D eigenvalue weighted by Gasteiger charge is -2.04. The Morgan fingerprint density at radius 2 is 2.18 bits per heavy atom. The number of hydrogen-bond acceptors (Lipinski definition) is 5. The molecule has 0 aliphatic rings. The van der Waals surface area contributed by atoms with E-state index in [2.05, 4.69) is 9.97 Å². The summed E-state index contributed by atoms with van der Waals surface area (Å²) < 4.78 is 23.9. The average Bonchev–Trinajstić information content (AvgIpc) is 2.48. The standard InChI is InChI=1S/C10H14N4O2S/c1-7-5-8-9(12-6-7)14(10(11)13-8)3-4-17(2,15)16/h5-6H,3-4H2,1-2H3,(H2,11,13). The van der Waals surface area contributed by atoms with E-state index in [1.807, 2.05) is 13.0 Å². The van der Waals surface area contributed by atoms with Gasteiger partial charge in [0.1, 0.15) is 15.4 Å². The van der Waals surface area contributed by atoms with Gasteiger partial charge in [-0.05, 0) is 18.6 Å². The molecule has 0 amide bonds. The smallest absolute Gasteiger partial charge is 0.202 e. The minimum Gasteiger partial charge on any atom is -0.369 e. The molecule has 0 fully saturated rings. The second-order valence-electron chi connectivity index (χ2n) is 4.11. The predicted molar refractivity (Wildman–Crippen MR) is 66.4 cm³/mol. The molecule has 0 unspecified atom stereocenters. The van der Waals surface area contributed by atoms with Crippen molar-refractivity contribution < 1.29 is 8.42 Å². The normalized spacial score (nSPS) is 12.1. The summed E-state index contributed by atoms with van der Waals surface area (Å²) in [6, 6.07) is 1.87. The van der Waals surface area contributed by atoms with Crippen molar-refractivity contribution in [3.05, 3.63) is 17.8 Å². The van der Waals surface area contributed by atoms with Crippen LogP contribution >= 0.6 is 0 Å². The number of aryl methyl sites for hydroxylation is 2. The highest BCUT2D eigenvalue weighted by Gasteiger charge is 2.11. The minimum absolute atomic E-state index is 0.0260. The van der Waals surface area contributed by atoms with E-state index < -0.39 is 9.84 Å². The van der Waals surface area contributed by atoms with Crippen molar-refractivity contribution in [1.29, 1.82) is 0 Å². The summed E-state index contributed by atoms with van der Waals surface area (Å²) in [5, 5.41) is 0. The number of nitrogens with zero attached hydrogens (tertiary/aromatic N) is 3. The number of aromatic nitrogens is 3. The van der Waals surface area contributed by atoms with Gasteiger partial charge in [-0.1, -0.05) is 0 Å². The van der Waals surface area contributed by atoms with Crippen LogP contribution in [-0.2, 0) is 16.4 Å². The molecular weight excluding hydrogens is 240 g/mol. The third kappa shape index (κ3) is 2.55. The predicted octanol–water partition coefficient (Wildman–Crippen LogP) is 0.367. The van der Waals surface area contributed by atoms with Crippen molar-refractivity contribution in [2.75, 3.05) is 17.7 Å². The van der Waals surface area contributed by atoms with Gasteiger partial charge in [0.05, 0.1) is 5.75 Å². The van der Waals surface area contributed by atoms with Crippen molar-refractivity contribution in [3.8, 4) is 0 Å². The van der Waals surface area contributed by atoms with Gasteiger partial charge in [-0.3, -0.25) is 4.57 Å². The van der Waals surface area contributed by atoms with Crippen molar-refractivity contribution >= 4 is 26.9 Å². The summed E-state index contributed by atoms with van der Waals surface area (Å²) in [7, 11) is -3.03. The van der Waals surface area contributed by atoms with Crippen LogP contribution in [0.5, 0.6) is 0 Å². The van der Waals surface area contributed by atoms with Crippen LogP contribution in [0.25, 0.3) is 11.2 Å². The first kappa shape index (κ1) is 11.8. The first-order valence-electron chi connectivity index (χ1n) is 5.13. The molecule has 0 radical (unpaired) electrons. The van der Waals surface area contributed by atoms with Crippen LogP contribution in [0.2, 0.25) is 0 Å². The lowest BCUT2D eigenvalue weighted by atomic mass is 10.3. The van der Waals surface area contributed by atoms with Gasteiger partial charge in [0.2, 0.25) is 5.95 Å². The molecule has 2 aromatic heterocycles. The first-order chi connectivity index (χ1) is 7.87. The van der Waals surface area contributed by atoms with Crippen molar-refractivity contribution in [2.24, 2.45) is 0 Å². The highest BCUT2D eigenvalue weighted by atomic mass is 32.2. The summed E-state index contributed by atoms with van der Waals surface area (Å²) in [5.41, 5.74) is 8.05. The quantitative estimate of drug-likeness (QED) is 0.854. The number of sulfone groups is 1. The maximum Gasteiger partial charge on any atom is 0.202 e. The SMILES string of the molecule is Cc1cnc2c(c1)nc(N)n2CCS(C)(=O)=O. The molecule has 0 aliphatic heterocycles. The number of imidazole rings is 1. The van der Waals surface area contributed by atoms with Gasteiger partial charge in [0.25, 0.3) is 0 Å². The molecule has 0 atom stereocenters. The molecule has 6 nitrogen and oxygen atoms in total. The van der Waals surface area contributed by atoms with Gasteiger partial charge in [-0.2, -0.15) is 0 Å². The van der Waals surface area contributed by atoms with E-state index in [0.717, 1.165) is 5.56 Å². The summed E-state index contributed by atoms with van der Waals surface area (Å²) in [4.78, 5) is 8.39. The number of nitrogens with two attached hydrogens (primary N) is 1. The van der Waals surface area contributed by atoms with E-state index in [0.29, 0.717) is 17.1 Å². The Morgan fingerprint density at radius 1 is 1.47 bits per heavy atom. The molecule has 17 heavy (non-hydrogen) atoms. The summed E-state index contributed by atoms with van der Waals surface area (Å²) >= 11 is 0. The second kappa shape index (κ2) is 3.99. The molecule has 2 heterocycles. The number of fused-ring (bicyclic) bond motifs is 1. The molecule has 92 valence electrons. The van der Waals surface area contributed by atoms with Crippen LogP contribution in [0, 0.1) is 6.92 Å². The fourth-order valence-corrected chi connectivity index (χ4v) is 2.12. The molecule has 2 aromatic rings. The zero-order valence-electron chi connectivity index (χ0n) is 9.71. The molecule has 0 aliphatic carbocycles. The lowest BCUT2D eigenvalue weighted by molar-refractivity contribution is 0.596. The number of rotatable bonds is 3. The first-order valence-corrected chi connectivity index (χ1v) is 7.19. The monoisotopic (exact) mass is 254 g/mol. The Kier molecular flexibility index (Phi) is 2.78. The lowest BCUT2D eigenvalue weighted by Crippen LogP contribution is -2.13. The average molecular weight is 254 g/mol. The highest BCUT2D eigenvalue weighted by Crippen LogP contribution is 2.16. The fourth-order valence-electron chi connectivity index (χ4n) is 1.61. The van der Waals surface area contributed by atoms with E-state index >= 15 is 0 Å². The van der Waals surface area contributed by atoms with Gasteiger partial charge in [0.15, 0.2) is 5.65 Å². The van der Waals surface area contributed by atoms with Crippen LogP contribution in [0.4, 0.5) is 5.95 Å². The zero-order valence-corrected chi connectivity index (χ0v) is 10.5. The topological polar surface area (TPSA) is 90.9 Å². The molecule has 0 saturated carbocycles. The molecule has 2 N–H and O–H groups in total. The zero-order chi connectivity index (χ0) is 12.6. The summed E-state index contributed by atoms with van der Waals surface area (Å²) in [5.74, 6) is 0.319. The molecule has 0 aromatic carbocycles. The fraction of sp³-hybridized carbons (Fsp3) is 0.400. The molecule has 0 spiro atoms. The van der Waals surface area contributed by atoms with Gasteiger partial charge in [-0.15, -0.1) is 0 Å². The Morgan fingerprint density at radius 3 is 2.82 bits per heavy atom. The van der Waals surface area contributed by atoms with Gasteiger partial charge < -0.3 is 5.73 Å². The molecule has 0 saturated heterocycles. The van der Waals surface area contributed by atoms with Crippen molar-refractivity contribution in [2.45, 2.75) is 13.5 Å². The Hall–Kier alpha value is -1.63. The summed E-state index contributed by atoms with van der Waals surface area (Å²) in [6.45, 7) is 2.19. The van der Waals surface area contributed by atoms with Crippen LogP contribution in [0.1, 0.15) is 5.56 Å². The Labute approximate surface area is 99.4 Å². The number of nitrogen functional groups attached to an aromatic ring is 1. The van der Waals surface area contributed by atoms with Gasteiger partial charge >= 0.3 is 0 Å². The molecule has 7 heteroatoms. The van der Waals surface area contributed by atoms with Crippen LogP contribution < -0.4 is 5.73 Å². The van der Waals surface area contributed by atoms with Crippen molar-refractivity contribution in [3.63, 3.8) is 0 Å². The summed E-state index contributed by atoms with van der Waals surface area (Å²) in [6.07, 6.45) is 2.90. The van der Waals surface area contributed by atoms with Gasteiger partial charge in [0, 0.05) is 19.0 Å². The number of pyridine rings is 1. The van der Waals surface area contributed by atoms with E-state index in [1.165, 1.54) is 6.26 Å². The molecule has 0 bridgehead atoms. The largest absolute Gasteiger partial charge is 0.369 e. The molecular formula is C10H14N4O2S. The number of anilines is 1. The third-order valence-electron chi connectivity index (χ3n) is 2.44. The third-order valence-corrected chi connectivity index (χ3v) is 3.36. The highest BCUT2D eigenvalue weighted by molar-refractivity contribution is 7.90. The maximum absolute atomic E-state index is 11.1. The maximum atomic E-state index is 11.1. The van der Waals surface area contributed by atoms with Gasteiger partial charge in [-0.25, -0.2) is 18.4 Å². The van der Waals surface area contributed by atoms with Crippen LogP contribution in [-0.4, -0.2) is 35.0 Å². The van der Waals surface area contributed by atoms with E-state index in [-0.39, 0.29) is 12.3 Å². The van der Waals surface area contributed by atoms with E-state index in [1.54, 1.807) is 10.8 Å². The molecule has 2 rings (SSSR count). The van der Waals surface area contributed by atoms with Crippen LogP contribution in [0.15, 0.2) is 12.3 Å².